The average Bonchev–Trinajstić information content (AvgIpc) is 2.87. The van der Waals surface area contributed by atoms with Gasteiger partial charge in [-0.2, -0.15) is 5.10 Å². The molecule has 21 heavy (non-hydrogen) atoms. The van der Waals surface area contributed by atoms with E-state index in [2.05, 4.69) is 76.2 Å². The molecule has 1 aromatic carbocycles. The number of nitrogens with one attached hydrogen (secondary N) is 1. The van der Waals surface area contributed by atoms with Crippen molar-refractivity contribution in [1.82, 2.24) is 15.2 Å². The Morgan fingerprint density at radius 2 is 2.10 bits per heavy atom. The Morgan fingerprint density at radius 1 is 1.33 bits per heavy atom. The van der Waals surface area contributed by atoms with Gasteiger partial charge in [0.15, 0.2) is 0 Å². The molecule has 0 saturated carbocycles. The van der Waals surface area contributed by atoms with E-state index in [0.29, 0.717) is 0 Å². The summed E-state index contributed by atoms with van der Waals surface area (Å²) >= 11 is 3.50. The fraction of sp³-hybridized carbons (Fsp3) is 0.438. The Morgan fingerprint density at radius 3 is 2.67 bits per heavy atom. The molecular weight excluding hydrogens is 328 g/mol. The number of hydrogen-bond acceptors (Lipinski definition) is 3. The van der Waals surface area contributed by atoms with Crippen molar-refractivity contribution < 1.29 is 0 Å². The van der Waals surface area contributed by atoms with Crippen LogP contribution in [-0.2, 0) is 19.4 Å². The van der Waals surface area contributed by atoms with E-state index in [1.807, 2.05) is 0 Å². The molecule has 1 unspecified atom stereocenters. The summed E-state index contributed by atoms with van der Waals surface area (Å²) in [7, 11) is 0. The van der Waals surface area contributed by atoms with Gasteiger partial charge >= 0.3 is 0 Å². The molecule has 0 amide bonds. The van der Waals surface area contributed by atoms with Crippen molar-refractivity contribution in [3.63, 3.8) is 0 Å². The Labute approximate surface area is 134 Å². The highest BCUT2D eigenvalue weighted by Crippen LogP contribution is 2.24. The molecule has 0 aliphatic rings. The third-order valence-electron chi connectivity index (χ3n) is 3.80. The lowest BCUT2D eigenvalue weighted by Crippen LogP contribution is -2.30. The first-order chi connectivity index (χ1) is 10.1. The van der Waals surface area contributed by atoms with Gasteiger partial charge in [0.1, 0.15) is 0 Å². The molecule has 1 aromatic heterocycles. The fourth-order valence-electron chi connectivity index (χ4n) is 2.62. The summed E-state index contributed by atoms with van der Waals surface area (Å²) in [5.41, 5.74) is 7.76. The summed E-state index contributed by atoms with van der Waals surface area (Å²) in [6.45, 7) is 7.24. The number of halogens is 1. The van der Waals surface area contributed by atoms with Crippen LogP contribution in [0.15, 0.2) is 28.7 Å². The Bertz CT molecular complexity index is 606. The Balaban J connectivity index is 2.28. The number of nitrogens with zero attached hydrogens (tertiary/aromatic N) is 2. The van der Waals surface area contributed by atoms with E-state index in [1.165, 1.54) is 16.8 Å². The van der Waals surface area contributed by atoms with Crippen LogP contribution in [0.1, 0.15) is 42.4 Å². The zero-order chi connectivity index (χ0) is 15.4. The van der Waals surface area contributed by atoms with Crippen LogP contribution < -0.4 is 11.3 Å². The molecule has 0 bridgehead atoms. The summed E-state index contributed by atoms with van der Waals surface area (Å²) in [6.07, 6.45) is 1.79. The van der Waals surface area contributed by atoms with Crippen LogP contribution in [0.3, 0.4) is 0 Å². The van der Waals surface area contributed by atoms with Crippen LogP contribution in [-0.4, -0.2) is 9.78 Å². The van der Waals surface area contributed by atoms with Crippen LogP contribution in [0.2, 0.25) is 0 Å². The van der Waals surface area contributed by atoms with E-state index in [-0.39, 0.29) is 6.04 Å². The first-order valence-electron chi connectivity index (χ1n) is 7.36. The van der Waals surface area contributed by atoms with Crippen molar-refractivity contribution in [2.45, 2.75) is 46.2 Å². The summed E-state index contributed by atoms with van der Waals surface area (Å²) in [6, 6.07) is 8.57. The second kappa shape index (κ2) is 7.20. The van der Waals surface area contributed by atoms with Crippen molar-refractivity contribution >= 4 is 15.9 Å². The third kappa shape index (κ3) is 3.73. The van der Waals surface area contributed by atoms with E-state index in [4.69, 9.17) is 5.84 Å². The molecule has 0 saturated heterocycles. The molecule has 0 aliphatic carbocycles. The van der Waals surface area contributed by atoms with Crippen molar-refractivity contribution in [3.8, 4) is 0 Å². The van der Waals surface area contributed by atoms with Gasteiger partial charge in [0, 0.05) is 23.1 Å². The smallest absolute Gasteiger partial charge is 0.0624 e. The largest absolute Gasteiger partial charge is 0.271 e. The van der Waals surface area contributed by atoms with Gasteiger partial charge < -0.3 is 0 Å². The first-order valence-corrected chi connectivity index (χ1v) is 8.16. The third-order valence-corrected chi connectivity index (χ3v) is 4.29. The van der Waals surface area contributed by atoms with Gasteiger partial charge in [-0.15, -0.1) is 0 Å². The highest BCUT2D eigenvalue weighted by Gasteiger charge is 2.16. The van der Waals surface area contributed by atoms with Crippen molar-refractivity contribution in [2.75, 3.05) is 0 Å². The van der Waals surface area contributed by atoms with Crippen LogP contribution >= 0.6 is 15.9 Å². The minimum Gasteiger partial charge on any atom is -0.271 e. The standard InChI is InChI=1S/C16H23BrN4/c1-4-13-9-14(21(5-2)20-13)10-16(19-18)15-7-6-12(17)8-11(15)3/h6-9,16,19H,4-5,10,18H2,1-3H3. The maximum atomic E-state index is 5.80. The minimum absolute atomic E-state index is 0.0878. The maximum absolute atomic E-state index is 5.80. The average molecular weight is 351 g/mol. The van der Waals surface area contributed by atoms with E-state index in [9.17, 15) is 0 Å². The van der Waals surface area contributed by atoms with Crippen LogP contribution in [0, 0.1) is 6.92 Å². The molecule has 0 radical (unpaired) electrons. The molecule has 0 fully saturated rings. The number of aryl methyl sites for hydroxylation is 3. The molecule has 4 nitrogen and oxygen atoms in total. The van der Waals surface area contributed by atoms with Gasteiger partial charge in [0.25, 0.3) is 0 Å². The number of rotatable bonds is 6. The van der Waals surface area contributed by atoms with Gasteiger partial charge in [-0.3, -0.25) is 16.0 Å². The second-order valence-corrected chi connectivity index (χ2v) is 6.14. The predicted octanol–water partition coefficient (Wildman–Crippen LogP) is 3.28. The van der Waals surface area contributed by atoms with Gasteiger partial charge in [0.05, 0.1) is 11.7 Å². The lowest BCUT2D eigenvalue weighted by molar-refractivity contribution is 0.515. The number of hydrogen-bond donors (Lipinski definition) is 2. The summed E-state index contributed by atoms with van der Waals surface area (Å²) in [5.74, 6) is 5.80. The number of hydrazine groups is 1. The van der Waals surface area contributed by atoms with E-state index in [0.717, 1.165) is 29.6 Å². The van der Waals surface area contributed by atoms with Gasteiger partial charge in [-0.1, -0.05) is 28.9 Å². The van der Waals surface area contributed by atoms with Crippen molar-refractivity contribution in [1.29, 1.82) is 0 Å². The predicted molar refractivity (Wildman–Crippen MR) is 89.9 cm³/mol. The zero-order valence-corrected chi connectivity index (χ0v) is 14.4. The van der Waals surface area contributed by atoms with Crippen molar-refractivity contribution in [3.05, 3.63) is 51.3 Å². The van der Waals surface area contributed by atoms with Crippen LogP contribution in [0.5, 0.6) is 0 Å². The highest BCUT2D eigenvalue weighted by atomic mass is 79.9. The topological polar surface area (TPSA) is 55.9 Å². The van der Waals surface area contributed by atoms with Crippen LogP contribution in [0.4, 0.5) is 0 Å². The van der Waals surface area contributed by atoms with E-state index in [1.54, 1.807) is 0 Å². The Hall–Kier alpha value is -1.17. The number of nitrogens with two attached hydrogens (primary N) is 1. The molecule has 1 atom stereocenters. The minimum atomic E-state index is 0.0878. The fourth-order valence-corrected chi connectivity index (χ4v) is 3.10. The Kier molecular flexibility index (Phi) is 5.56. The second-order valence-electron chi connectivity index (χ2n) is 5.22. The summed E-state index contributed by atoms with van der Waals surface area (Å²) in [5, 5.41) is 4.61. The molecule has 5 heteroatoms. The molecule has 2 aromatic rings. The zero-order valence-electron chi connectivity index (χ0n) is 12.9. The highest BCUT2D eigenvalue weighted by molar-refractivity contribution is 9.10. The van der Waals surface area contributed by atoms with Gasteiger partial charge in [0.2, 0.25) is 0 Å². The SMILES string of the molecule is CCc1cc(CC(NN)c2ccc(Br)cc2C)n(CC)n1. The molecule has 2 rings (SSSR count). The summed E-state index contributed by atoms with van der Waals surface area (Å²) in [4.78, 5) is 0. The quantitative estimate of drug-likeness (QED) is 0.620. The van der Waals surface area contributed by atoms with Crippen LogP contribution in [0.25, 0.3) is 0 Å². The van der Waals surface area contributed by atoms with Gasteiger partial charge in [-0.25, -0.2) is 0 Å². The van der Waals surface area contributed by atoms with E-state index >= 15 is 0 Å². The molecule has 3 N–H and O–H groups in total. The number of aromatic nitrogens is 2. The molecule has 0 spiro atoms. The normalized spacial score (nSPS) is 12.6. The lowest BCUT2D eigenvalue weighted by Gasteiger charge is -2.19. The first kappa shape index (κ1) is 16.2. The number of benzene rings is 1. The lowest BCUT2D eigenvalue weighted by atomic mass is 9.98. The molecule has 0 aliphatic heterocycles. The maximum Gasteiger partial charge on any atom is 0.0624 e. The summed E-state index contributed by atoms with van der Waals surface area (Å²) < 4.78 is 3.16. The van der Waals surface area contributed by atoms with E-state index < -0.39 is 0 Å². The van der Waals surface area contributed by atoms with Gasteiger partial charge in [-0.05, 0) is 49.6 Å². The molecular formula is C16H23BrN4. The monoisotopic (exact) mass is 350 g/mol. The van der Waals surface area contributed by atoms with Crippen molar-refractivity contribution in [2.24, 2.45) is 5.84 Å². The molecule has 114 valence electrons. The molecule has 1 heterocycles.